The molecule has 0 aromatic carbocycles. The van der Waals surface area contributed by atoms with Crippen molar-refractivity contribution in [1.29, 1.82) is 0 Å². The lowest BCUT2D eigenvalue weighted by atomic mass is 9.96. The van der Waals surface area contributed by atoms with Gasteiger partial charge in [0.15, 0.2) is 0 Å². The number of nitrogens with one attached hydrogen (secondary N) is 2. The zero-order chi connectivity index (χ0) is 15.0. The highest BCUT2D eigenvalue weighted by atomic mass is 16.6. The van der Waals surface area contributed by atoms with E-state index in [4.69, 9.17) is 4.74 Å². The van der Waals surface area contributed by atoms with E-state index in [9.17, 15) is 9.59 Å². The first-order valence-corrected chi connectivity index (χ1v) is 7.63. The Morgan fingerprint density at radius 2 is 1.80 bits per heavy atom. The predicted octanol–water partition coefficient (Wildman–Crippen LogP) is 2.74. The normalized spacial score (nSPS) is 16.6. The summed E-state index contributed by atoms with van der Waals surface area (Å²) in [6.45, 7) is 6.04. The second-order valence-electron chi connectivity index (χ2n) is 6.43. The minimum absolute atomic E-state index is 0.124. The molecular formula is C15H28N2O3. The van der Waals surface area contributed by atoms with E-state index >= 15 is 0 Å². The predicted molar refractivity (Wildman–Crippen MR) is 78.5 cm³/mol. The van der Waals surface area contributed by atoms with Crippen LogP contribution in [0.25, 0.3) is 0 Å². The first-order chi connectivity index (χ1) is 9.37. The van der Waals surface area contributed by atoms with Crippen LogP contribution in [0.15, 0.2) is 0 Å². The lowest BCUT2D eigenvalue weighted by Crippen LogP contribution is -2.43. The van der Waals surface area contributed by atoms with Crippen LogP contribution in [0.4, 0.5) is 4.79 Å². The molecule has 1 aliphatic carbocycles. The van der Waals surface area contributed by atoms with Crippen molar-refractivity contribution in [3.8, 4) is 0 Å². The zero-order valence-electron chi connectivity index (χ0n) is 13.0. The van der Waals surface area contributed by atoms with Gasteiger partial charge in [0.05, 0.1) is 0 Å². The zero-order valence-corrected chi connectivity index (χ0v) is 13.0. The first-order valence-electron chi connectivity index (χ1n) is 7.63. The SMILES string of the molecule is CC(C)(C)OC(=O)CCCNC(=O)NC1CCCCC1. The van der Waals surface area contributed by atoms with Gasteiger partial charge in [-0.05, 0) is 40.0 Å². The summed E-state index contributed by atoms with van der Waals surface area (Å²) >= 11 is 0. The van der Waals surface area contributed by atoms with E-state index in [0.717, 1.165) is 12.8 Å². The molecule has 0 atom stereocenters. The van der Waals surface area contributed by atoms with Gasteiger partial charge in [0.25, 0.3) is 0 Å². The number of ether oxygens (including phenoxy) is 1. The molecule has 0 aromatic heterocycles. The number of esters is 1. The third kappa shape index (κ3) is 8.02. The highest BCUT2D eigenvalue weighted by Gasteiger charge is 2.17. The van der Waals surface area contributed by atoms with Gasteiger partial charge < -0.3 is 15.4 Å². The number of rotatable bonds is 5. The maximum atomic E-state index is 11.6. The van der Waals surface area contributed by atoms with E-state index in [1.165, 1.54) is 19.3 Å². The largest absolute Gasteiger partial charge is 0.460 e. The average Bonchev–Trinajstić information content (AvgIpc) is 2.34. The fraction of sp³-hybridized carbons (Fsp3) is 0.867. The van der Waals surface area contributed by atoms with Gasteiger partial charge in [-0.3, -0.25) is 4.79 Å². The average molecular weight is 284 g/mol. The molecule has 1 aliphatic rings. The minimum atomic E-state index is -0.442. The Kier molecular flexibility index (Phi) is 6.82. The van der Waals surface area contributed by atoms with Gasteiger partial charge in [-0.2, -0.15) is 0 Å². The van der Waals surface area contributed by atoms with E-state index in [-0.39, 0.29) is 12.0 Å². The Bertz CT molecular complexity index is 318. The van der Waals surface area contributed by atoms with Crippen LogP contribution in [0.2, 0.25) is 0 Å². The Hall–Kier alpha value is -1.26. The van der Waals surface area contributed by atoms with Gasteiger partial charge in [0, 0.05) is 19.0 Å². The molecule has 0 heterocycles. The standard InChI is InChI=1S/C15H28N2O3/c1-15(2,3)20-13(18)10-7-11-16-14(19)17-12-8-5-4-6-9-12/h12H,4-11H2,1-3H3,(H2,16,17,19). The van der Waals surface area contributed by atoms with Crippen LogP contribution in [0.3, 0.4) is 0 Å². The van der Waals surface area contributed by atoms with Gasteiger partial charge >= 0.3 is 12.0 Å². The second kappa shape index (κ2) is 8.12. The number of amides is 2. The van der Waals surface area contributed by atoms with Crippen molar-refractivity contribution < 1.29 is 14.3 Å². The maximum absolute atomic E-state index is 11.6. The molecule has 0 aromatic rings. The summed E-state index contributed by atoms with van der Waals surface area (Å²) in [6.07, 6.45) is 6.76. The van der Waals surface area contributed by atoms with Gasteiger partial charge in [-0.25, -0.2) is 4.79 Å². The Morgan fingerprint density at radius 1 is 1.15 bits per heavy atom. The van der Waals surface area contributed by atoms with Crippen molar-refractivity contribution in [2.75, 3.05) is 6.54 Å². The summed E-state index contributed by atoms with van der Waals surface area (Å²) in [5, 5.41) is 5.77. The molecule has 2 amide bonds. The molecule has 5 heteroatoms. The van der Waals surface area contributed by atoms with E-state index in [1.807, 2.05) is 20.8 Å². The number of urea groups is 1. The molecule has 2 N–H and O–H groups in total. The van der Waals surface area contributed by atoms with Crippen molar-refractivity contribution in [1.82, 2.24) is 10.6 Å². The summed E-state index contributed by atoms with van der Waals surface area (Å²) in [5.74, 6) is -0.216. The lowest BCUT2D eigenvalue weighted by Gasteiger charge is -2.23. The number of carbonyl (C=O) groups excluding carboxylic acids is 2. The number of hydrogen-bond acceptors (Lipinski definition) is 3. The van der Waals surface area contributed by atoms with E-state index in [1.54, 1.807) is 0 Å². The molecule has 1 saturated carbocycles. The quantitative estimate of drug-likeness (QED) is 0.602. The summed E-state index contributed by atoms with van der Waals surface area (Å²) in [4.78, 5) is 23.1. The molecule has 1 rings (SSSR count). The summed E-state index contributed by atoms with van der Waals surface area (Å²) in [7, 11) is 0. The molecule has 0 unspecified atom stereocenters. The van der Waals surface area contributed by atoms with Crippen LogP contribution in [0.1, 0.15) is 65.7 Å². The van der Waals surface area contributed by atoms with Crippen LogP contribution in [-0.4, -0.2) is 30.2 Å². The number of hydrogen-bond donors (Lipinski definition) is 2. The van der Waals surface area contributed by atoms with Crippen LogP contribution in [-0.2, 0) is 9.53 Å². The van der Waals surface area contributed by atoms with Crippen LogP contribution in [0.5, 0.6) is 0 Å². The molecule has 0 bridgehead atoms. The summed E-state index contributed by atoms with van der Waals surface area (Å²) in [6, 6.07) is 0.190. The monoisotopic (exact) mass is 284 g/mol. The highest BCUT2D eigenvalue weighted by Crippen LogP contribution is 2.17. The smallest absolute Gasteiger partial charge is 0.315 e. The third-order valence-electron chi connectivity index (χ3n) is 3.20. The molecule has 5 nitrogen and oxygen atoms in total. The fourth-order valence-corrected chi connectivity index (χ4v) is 2.31. The van der Waals surface area contributed by atoms with Crippen molar-refractivity contribution in [2.45, 2.75) is 77.4 Å². The van der Waals surface area contributed by atoms with E-state index in [0.29, 0.717) is 25.4 Å². The molecule has 0 spiro atoms. The molecule has 0 radical (unpaired) electrons. The minimum Gasteiger partial charge on any atom is -0.460 e. The number of carbonyl (C=O) groups is 2. The van der Waals surface area contributed by atoms with Gasteiger partial charge in [0.2, 0.25) is 0 Å². The summed E-state index contributed by atoms with van der Waals surface area (Å²) in [5.41, 5.74) is -0.442. The molecule has 0 aliphatic heterocycles. The van der Waals surface area contributed by atoms with Crippen molar-refractivity contribution in [3.63, 3.8) is 0 Å². The lowest BCUT2D eigenvalue weighted by molar-refractivity contribution is -0.154. The molecule has 1 fully saturated rings. The van der Waals surface area contributed by atoms with E-state index < -0.39 is 5.60 Å². The highest BCUT2D eigenvalue weighted by molar-refractivity contribution is 5.74. The van der Waals surface area contributed by atoms with Gasteiger partial charge in [-0.15, -0.1) is 0 Å². The second-order valence-corrected chi connectivity index (χ2v) is 6.43. The van der Waals surface area contributed by atoms with Crippen molar-refractivity contribution in [3.05, 3.63) is 0 Å². The van der Waals surface area contributed by atoms with E-state index in [2.05, 4.69) is 10.6 Å². The topological polar surface area (TPSA) is 67.4 Å². The maximum Gasteiger partial charge on any atom is 0.315 e. The van der Waals surface area contributed by atoms with Crippen molar-refractivity contribution in [2.24, 2.45) is 0 Å². The third-order valence-corrected chi connectivity index (χ3v) is 3.20. The summed E-state index contributed by atoms with van der Waals surface area (Å²) < 4.78 is 5.20. The van der Waals surface area contributed by atoms with Crippen LogP contribution >= 0.6 is 0 Å². The van der Waals surface area contributed by atoms with Gasteiger partial charge in [0.1, 0.15) is 5.60 Å². The Labute approximate surface area is 121 Å². The molecular weight excluding hydrogens is 256 g/mol. The Morgan fingerprint density at radius 3 is 2.40 bits per heavy atom. The first kappa shape index (κ1) is 16.8. The molecule has 20 heavy (non-hydrogen) atoms. The van der Waals surface area contributed by atoms with Crippen LogP contribution < -0.4 is 10.6 Å². The van der Waals surface area contributed by atoms with Gasteiger partial charge in [-0.1, -0.05) is 19.3 Å². The molecule has 116 valence electrons. The van der Waals surface area contributed by atoms with Crippen molar-refractivity contribution >= 4 is 12.0 Å². The fourth-order valence-electron chi connectivity index (χ4n) is 2.31. The molecule has 0 saturated heterocycles. The van der Waals surface area contributed by atoms with Crippen LogP contribution in [0, 0.1) is 0 Å². The Balaban J connectivity index is 2.05.